The molecule has 2 heterocycles. The standard InChI is InChI=1S/C50H31NO2/c1-2-12-32(13-3-1)34-26-28-38(29-27-34)51(43-21-10-17-35-15-6-7-18-39(35)43)44-22-11-20-40-42-31-46-48(41-19-8-9-23-45(41)52-46)47(50(42)53-49(40)44)37-25-24-33-14-4-5-16-36(33)30-37/h1-31H. The Morgan fingerprint density at radius 2 is 0.981 bits per heavy atom. The van der Waals surface area contributed by atoms with Crippen LogP contribution in [0.15, 0.2) is 197 Å². The van der Waals surface area contributed by atoms with E-state index < -0.39 is 0 Å². The summed E-state index contributed by atoms with van der Waals surface area (Å²) in [4.78, 5) is 2.34. The molecule has 0 radical (unpaired) electrons. The average molecular weight is 678 g/mol. The molecule has 0 fully saturated rings. The third-order valence-corrected chi connectivity index (χ3v) is 10.6. The maximum Gasteiger partial charge on any atom is 0.159 e. The molecule has 0 unspecified atom stereocenters. The Hall–Kier alpha value is -7.10. The van der Waals surface area contributed by atoms with E-state index >= 15 is 0 Å². The minimum absolute atomic E-state index is 0.821. The molecule has 0 bridgehead atoms. The first-order chi connectivity index (χ1) is 26.3. The minimum Gasteiger partial charge on any atom is -0.456 e. The first-order valence-electron chi connectivity index (χ1n) is 18.0. The monoisotopic (exact) mass is 677 g/mol. The highest BCUT2D eigenvalue weighted by atomic mass is 16.3. The van der Waals surface area contributed by atoms with Crippen molar-refractivity contribution in [1.82, 2.24) is 0 Å². The van der Waals surface area contributed by atoms with Crippen molar-refractivity contribution in [1.29, 1.82) is 0 Å². The van der Waals surface area contributed by atoms with Crippen LogP contribution in [0.4, 0.5) is 17.1 Å². The quantitative estimate of drug-likeness (QED) is 0.182. The predicted molar refractivity (Wildman–Crippen MR) is 222 cm³/mol. The van der Waals surface area contributed by atoms with Crippen molar-refractivity contribution >= 4 is 82.5 Å². The van der Waals surface area contributed by atoms with Crippen molar-refractivity contribution in [2.45, 2.75) is 0 Å². The number of benzene rings is 9. The van der Waals surface area contributed by atoms with Gasteiger partial charge in [0.05, 0.1) is 11.4 Å². The van der Waals surface area contributed by atoms with Gasteiger partial charge in [-0.15, -0.1) is 0 Å². The Labute approximate surface area is 305 Å². The summed E-state index contributed by atoms with van der Waals surface area (Å²) in [5, 5.41) is 8.92. The zero-order valence-electron chi connectivity index (χ0n) is 28.7. The number of rotatable bonds is 5. The number of fused-ring (bicyclic) bond motifs is 8. The van der Waals surface area contributed by atoms with Crippen LogP contribution < -0.4 is 4.90 Å². The summed E-state index contributed by atoms with van der Waals surface area (Å²) >= 11 is 0. The maximum absolute atomic E-state index is 7.25. The minimum atomic E-state index is 0.821. The van der Waals surface area contributed by atoms with E-state index in [0.717, 1.165) is 77.5 Å². The van der Waals surface area contributed by atoms with Crippen molar-refractivity contribution in [2.24, 2.45) is 0 Å². The maximum atomic E-state index is 7.25. The van der Waals surface area contributed by atoms with E-state index in [1.54, 1.807) is 0 Å². The van der Waals surface area contributed by atoms with E-state index in [2.05, 4.69) is 181 Å². The Morgan fingerprint density at radius 3 is 1.85 bits per heavy atom. The Kier molecular flexibility index (Phi) is 6.55. The van der Waals surface area contributed by atoms with Gasteiger partial charge >= 0.3 is 0 Å². The van der Waals surface area contributed by atoms with Gasteiger partial charge in [-0.1, -0.05) is 146 Å². The Bertz CT molecular complexity index is 3160. The second-order valence-electron chi connectivity index (χ2n) is 13.7. The fraction of sp³-hybridized carbons (Fsp3) is 0. The number of anilines is 3. The summed E-state index contributed by atoms with van der Waals surface area (Å²) in [7, 11) is 0. The highest BCUT2D eigenvalue weighted by molar-refractivity contribution is 6.25. The lowest BCUT2D eigenvalue weighted by molar-refractivity contribution is 0.665. The molecule has 248 valence electrons. The zero-order valence-corrected chi connectivity index (χ0v) is 28.7. The summed E-state index contributed by atoms with van der Waals surface area (Å²) in [6.45, 7) is 0. The first-order valence-corrected chi connectivity index (χ1v) is 18.0. The highest BCUT2D eigenvalue weighted by Crippen LogP contribution is 2.49. The number of nitrogens with zero attached hydrogens (tertiary/aromatic N) is 1. The summed E-state index contributed by atoms with van der Waals surface area (Å²) in [5.41, 5.74) is 11.0. The molecule has 9 aromatic carbocycles. The average Bonchev–Trinajstić information content (AvgIpc) is 3.79. The number of para-hydroxylation sites is 2. The van der Waals surface area contributed by atoms with Gasteiger partial charge in [0, 0.05) is 38.2 Å². The molecule has 3 nitrogen and oxygen atoms in total. The van der Waals surface area contributed by atoms with Crippen LogP contribution in [0.2, 0.25) is 0 Å². The molecule has 0 aliphatic carbocycles. The Morgan fingerprint density at radius 1 is 0.340 bits per heavy atom. The van der Waals surface area contributed by atoms with Crippen LogP contribution in [-0.4, -0.2) is 0 Å². The molecule has 53 heavy (non-hydrogen) atoms. The summed E-state index contributed by atoms with van der Waals surface area (Å²) in [6.07, 6.45) is 0. The van der Waals surface area contributed by atoms with Crippen molar-refractivity contribution in [3.63, 3.8) is 0 Å². The fourth-order valence-electron chi connectivity index (χ4n) is 8.16. The lowest BCUT2D eigenvalue weighted by atomic mass is 9.95. The third-order valence-electron chi connectivity index (χ3n) is 10.6. The third kappa shape index (κ3) is 4.68. The second kappa shape index (κ2) is 11.7. The fourth-order valence-corrected chi connectivity index (χ4v) is 8.16. The molecule has 0 aliphatic heterocycles. The number of hydrogen-bond donors (Lipinski definition) is 0. The molecule has 0 amide bonds. The van der Waals surface area contributed by atoms with Gasteiger partial charge < -0.3 is 13.7 Å². The van der Waals surface area contributed by atoms with Crippen LogP contribution in [-0.2, 0) is 0 Å². The van der Waals surface area contributed by atoms with E-state index in [1.807, 2.05) is 12.1 Å². The molecule has 0 N–H and O–H groups in total. The summed E-state index contributed by atoms with van der Waals surface area (Å²) < 4.78 is 13.8. The van der Waals surface area contributed by atoms with E-state index in [9.17, 15) is 0 Å². The molecule has 0 saturated carbocycles. The zero-order chi connectivity index (χ0) is 34.9. The SMILES string of the molecule is c1ccc(-c2ccc(N(c3cccc4ccccc34)c3cccc4c3oc3c(-c5ccc6ccccc6c5)c5c(cc34)oc3ccccc35)cc2)cc1. The summed E-state index contributed by atoms with van der Waals surface area (Å²) in [5.74, 6) is 0. The van der Waals surface area contributed by atoms with Gasteiger partial charge in [0.25, 0.3) is 0 Å². The van der Waals surface area contributed by atoms with Crippen LogP contribution in [0.5, 0.6) is 0 Å². The van der Waals surface area contributed by atoms with Gasteiger partial charge in [-0.25, -0.2) is 0 Å². The normalized spacial score (nSPS) is 11.8. The van der Waals surface area contributed by atoms with E-state index in [0.29, 0.717) is 0 Å². The first kappa shape index (κ1) is 29.6. The van der Waals surface area contributed by atoms with Crippen molar-refractivity contribution < 1.29 is 8.83 Å². The van der Waals surface area contributed by atoms with E-state index in [4.69, 9.17) is 8.83 Å². The van der Waals surface area contributed by atoms with Crippen molar-refractivity contribution in [2.75, 3.05) is 4.90 Å². The Balaban J connectivity index is 1.21. The molecule has 2 aromatic heterocycles. The number of furan rings is 2. The van der Waals surface area contributed by atoms with Crippen LogP contribution in [0.3, 0.4) is 0 Å². The smallest absolute Gasteiger partial charge is 0.159 e. The van der Waals surface area contributed by atoms with Crippen LogP contribution >= 0.6 is 0 Å². The van der Waals surface area contributed by atoms with Crippen molar-refractivity contribution in [3.05, 3.63) is 188 Å². The van der Waals surface area contributed by atoms with Gasteiger partial charge in [0.2, 0.25) is 0 Å². The van der Waals surface area contributed by atoms with Gasteiger partial charge in [-0.05, 0) is 75.3 Å². The van der Waals surface area contributed by atoms with Crippen LogP contribution in [0.1, 0.15) is 0 Å². The van der Waals surface area contributed by atoms with Crippen molar-refractivity contribution in [3.8, 4) is 22.3 Å². The topological polar surface area (TPSA) is 29.5 Å². The molecule has 11 rings (SSSR count). The van der Waals surface area contributed by atoms with Gasteiger partial charge in [-0.2, -0.15) is 0 Å². The molecule has 0 atom stereocenters. The van der Waals surface area contributed by atoms with Crippen LogP contribution in [0.25, 0.3) is 87.7 Å². The molecule has 11 aromatic rings. The molecule has 3 heteroatoms. The van der Waals surface area contributed by atoms with Gasteiger partial charge in [0.1, 0.15) is 16.7 Å². The number of hydrogen-bond acceptors (Lipinski definition) is 3. The lowest BCUT2D eigenvalue weighted by Gasteiger charge is -2.27. The second-order valence-corrected chi connectivity index (χ2v) is 13.7. The molecule has 0 saturated heterocycles. The van der Waals surface area contributed by atoms with Crippen LogP contribution in [0, 0.1) is 0 Å². The van der Waals surface area contributed by atoms with Gasteiger partial charge in [-0.3, -0.25) is 0 Å². The molecular formula is C50H31NO2. The van der Waals surface area contributed by atoms with E-state index in [-0.39, 0.29) is 0 Å². The highest BCUT2D eigenvalue weighted by Gasteiger charge is 2.25. The lowest BCUT2D eigenvalue weighted by Crippen LogP contribution is -2.10. The molecule has 0 spiro atoms. The predicted octanol–water partition coefficient (Wildman–Crippen LogP) is 14.6. The van der Waals surface area contributed by atoms with Gasteiger partial charge in [0.15, 0.2) is 5.58 Å². The molecular weight excluding hydrogens is 647 g/mol. The van der Waals surface area contributed by atoms with E-state index in [1.165, 1.54) is 27.3 Å². The summed E-state index contributed by atoms with van der Waals surface area (Å²) in [6, 6.07) is 66.6. The molecule has 0 aliphatic rings. The largest absolute Gasteiger partial charge is 0.456 e.